The summed E-state index contributed by atoms with van der Waals surface area (Å²) in [6.45, 7) is 11.9. The summed E-state index contributed by atoms with van der Waals surface area (Å²) in [5.74, 6) is -20.1. The molecule has 0 radical (unpaired) electrons. The van der Waals surface area contributed by atoms with Crippen LogP contribution in [0.4, 0.5) is 0 Å². The van der Waals surface area contributed by atoms with Crippen LogP contribution in [0.15, 0.2) is 34.3 Å². The molecule has 0 aromatic heterocycles. The van der Waals surface area contributed by atoms with E-state index in [0.29, 0.717) is 63.6 Å². The molecule has 1 rings (SSSR count). The molecular weight excluding hydrogens is 1680 g/mol. The summed E-state index contributed by atoms with van der Waals surface area (Å²) in [5.41, 5.74) is 45.9. The number of aliphatic hydroxyl groups excluding tert-OH is 2. The first-order valence-corrected chi connectivity index (χ1v) is 48.2. The number of hydrogen-bond acceptors (Lipinski definition) is 24. The van der Waals surface area contributed by atoms with Gasteiger partial charge in [0.05, 0.1) is 49.2 Å². The molecule has 0 unspecified atom stereocenters. The molecule has 1 aromatic carbocycles. The first-order chi connectivity index (χ1) is 61.2. The lowest BCUT2D eigenvalue weighted by atomic mass is 9.87. The van der Waals surface area contributed by atoms with Crippen molar-refractivity contribution in [1.29, 1.82) is 0 Å². The number of aromatic hydroxyl groups is 1. The third-order valence-electron chi connectivity index (χ3n) is 22.9. The van der Waals surface area contributed by atoms with Gasteiger partial charge >= 0.3 is 5.97 Å². The van der Waals surface area contributed by atoms with E-state index < -0.39 is 205 Å². The number of carbonyl (C=O) groups is 15. The number of hydrogen-bond donors (Lipinski definition) is 19. The Morgan fingerprint density at radius 1 is 0.395 bits per heavy atom. The number of Topliss-reactive ketones (excluding diaryl/α,β-unsaturated/α-hetero) is 6. The van der Waals surface area contributed by atoms with E-state index in [-0.39, 0.29) is 150 Å². The average molecular weight is 1840 g/mol. The van der Waals surface area contributed by atoms with Crippen LogP contribution in [0.2, 0.25) is 0 Å². The number of rotatable bonds is 79. The van der Waals surface area contributed by atoms with E-state index in [1.165, 1.54) is 94.3 Å². The minimum atomic E-state index is -1.85. The highest BCUT2D eigenvalue weighted by Crippen LogP contribution is 2.27. The van der Waals surface area contributed by atoms with Crippen molar-refractivity contribution in [2.75, 3.05) is 51.3 Å². The summed E-state index contributed by atoms with van der Waals surface area (Å²) in [4.78, 5) is 220. The molecule has 0 aliphatic carbocycles. The van der Waals surface area contributed by atoms with Crippen LogP contribution in [-0.4, -0.2) is 220 Å². The topological polar surface area (TPSA) is 654 Å². The number of amides is 8. The lowest BCUT2D eigenvalue weighted by Crippen LogP contribution is -2.52. The van der Waals surface area contributed by atoms with Crippen molar-refractivity contribution in [3.63, 3.8) is 0 Å². The number of aliphatic carboxylic acids is 1. The zero-order valence-corrected chi connectivity index (χ0v) is 79.0. The monoisotopic (exact) mass is 1840 g/mol. The van der Waals surface area contributed by atoms with Gasteiger partial charge in [-0.1, -0.05) is 130 Å². The number of phenolic OH excluding ortho intramolecular Hbond substituents is 1. The Hall–Kier alpha value is -9.04. The number of aliphatic hydroxyl groups is 2. The molecule has 129 heavy (non-hydrogen) atoms. The average Bonchev–Trinajstić information content (AvgIpc) is 0.839. The maximum absolute atomic E-state index is 14.9. The van der Waals surface area contributed by atoms with E-state index in [1.54, 1.807) is 6.26 Å². The molecule has 14 atom stereocenters. The lowest BCUT2D eigenvalue weighted by molar-refractivity contribution is -0.143. The van der Waals surface area contributed by atoms with Crippen LogP contribution >= 0.6 is 11.8 Å². The Morgan fingerprint density at radius 2 is 0.767 bits per heavy atom. The zero-order valence-electron chi connectivity index (χ0n) is 78.2. The number of ketones is 6. The molecule has 36 nitrogen and oxygen atoms in total. The normalized spacial score (nSPS) is 14.7. The number of thioether (sulfide) groups is 1. The molecule has 0 saturated carbocycles. The van der Waals surface area contributed by atoms with Crippen molar-refractivity contribution in [2.24, 2.45) is 103 Å². The number of primary amides is 1. The molecule has 0 spiro atoms. The fourth-order valence-electron chi connectivity index (χ4n) is 15.4. The molecule has 0 aliphatic rings. The molecule has 27 N–H and O–H groups in total. The zero-order chi connectivity index (χ0) is 96.9. The van der Waals surface area contributed by atoms with Crippen molar-refractivity contribution in [1.82, 2.24) is 37.2 Å². The Morgan fingerprint density at radius 3 is 1.22 bits per heavy atom. The molecule has 0 aliphatic heterocycles. The van der Waals surface area contributed by atoms with Crippen molar-refractivity contribution < 1.29 is 92.3 Å². The summed E-state index contributed by atoms with van der Waals surface area (Å²) in [6, 6.07) is -3.77. The summed E-state index contributed by atoms with van der Waals surface area (Å²) in [6.07, 6.45) is 14.0. The van der Waals surface area contributed by atoms with Crippen LogP contribution in [0.1, 0.15) is 292 Å². The van der Waals surface area contributed by atoms with E-state index in [2.05, 4.69) is 54.1 Å². The maximum Gasteiger partial charge on any atom is 0.304 e. The van der Waals surface area contributed by atoms with Gasteiger partial charge in [0.2, 0.25) is 47.3 Å². The first kappa shape index (κ1) is 118. The van der Waals surface area contributed by atoms with Gasteiger partial charge in [0.25, 0.3) is 0 Å². The van der Waals surface area contributed by atoms with Gasteiger partial charge in [-0.25, -0.2) is 0 Å². The van der Waals surface area contributed by atoms with Crippen LogP contribution < -0.4 is 83.1 Å². The number of carbonyl (C=O) groups excluding carboxylic acids is 14. The number of nitrogens with two attached hydrogens (primary N) is 8. The molecule has 0 bridgehead atoms. The number of benzene rings is 1. The Balaban J connectivity index is 3.68. The summed E-state index contributed by atoms with van der Waals surface area (Å²) >= 11 is 1.28. The molecule has 0 heterocycles. The number of unbranched alkanes of at least 4 members (excludes halogenated alkanes) is 15. The Bertz CT molecular complexity index is 3620. The molecule has 37 heteroatoms. The molecule has 8 amide bonds. The lowest BCUT2D eigenvalue weighted by Gasteiger charge is -2.27. The van der Waals surface area contributed by atoms with Crippen LogP contribution in [0.5, 0.6) is 5.75 Å². The molecule has 734 valence electrons. The predicted molar refractivity (Wildman–Crippen MR) is 501 cm³/mol. The minimum Gasteiger partial charge on any atom is -0.508 e. The number of nitrogens with one attached hydrogen (secondary N) is 7. The van der Waals surface area contributed by atoms with E-state index in [4.69, 9.17) is 45.9 Å². The second-order valence-corrected chi connectivity index (χ2v) is 36.3. The van der Waals surface area contributed by atoms with Crippen LogP contribution in [0.25, 0.3) is 0 Å². The van der Waals surface area contributed by atoms with Crippen LogP contribution in [0.3, 0.4) is 0 Å². The fraction of sp³-hybridized carbons (Fsp3) is 0.750. The molecular formula is C92H161N17O19S. The molecule has 1 aromatic rings. The molecule has 0 saturated heterocycles. The quantitative estimate of drug-likeness (QED) is 0.0233. The Labute approximate surface area is 768 Å². The highest BCUT2D eigenvalue weighted by Gasteiger charge is 2.40. The first-order valence-electron chi connectivity index (χ1n) is 46.8. The van der Waals surface area contributed by atoms with Crippen LogP contribution in [0, 0.1) is 47.3 Å². The van der Waals surface area contributed by atoms with Gasteiger partial charge in [-0.05, 0) is 184 Å². The third kappa shape index (κ3) is 53.2. The highest BCUT2D eigenvalue weighted by molar-refractivity contribution is 7.98. The standard InChI is InChI=1S/C92H161N17O19S/c1-9-10-11-12-13-14-15-16-17-18-19-20-21-35-81(119)104-70(32-23-26-42-94)75(113)50-63(30-22-25-41-93)85(123)107-73(48-59(4)5)78(116)51-64(31-28-44-101-91(97)98)86(124)108-74(57-110)79(117)52-65(40-46-129-8)87(125)109-83(61(7)111)80(118)55-68(56-82(120)121)90(128)105-71(33-24-27-43-95)77(115)54-67(49-62-36-38-69(112)39-37-62)89(127)106-72(34-29-45-102-92(99)100)76(114)53-66(47-58(2)3)88(126)103-60(6)84(96)122/h36-39,58-61,63-68,70-74,83,110-112H,9-35,40-57,93-95H2,1-8H3,(H2,96,122)(H,103,126)(H,104,119)(H,105,128)(H,106,127)(H,107,123)(H,108,124)(H,109,125)(H,120,121)(H4,97,98,101)(H4,99,100,102)/t60-,61+,63+,64+,65+,66+,67+,68-,70-,71-,72-,73-,74-,83-/m0/s1. The fourth-order valence-corrected chi connectivity index (χ4v) is 15.9. The van der Waals surface area contributed by atoms with Gasteiger partial charge in [-0.15, -0.1) is 0 Å². The van der Waals surface area contributed by atoms with Crippen molar-refractivity contribution in [3.8, 4) is 5.75 Å². The predicted octanol–water partition coefficient (Wildman–Crippen LogP) is 4.95. The largest absolute Gasteiger partial charge is 0.508 e. The van der Waals surface area contributed by atoms with E-state index in [9.17, 15) is 92.3 Å². The van der Waals surface area contributed by atoms with Gasteiger partial charge in [0.15, 0.2) is 46.6 Å². The summed E-state index contributed by atoms with van der Waals surface area (Å²) < 4.78 is 0. The van der Waals surface area contributed by atoms with Gasteiger partial charge in [0, 0.05) is 87.6 Å². The number of guanidine groups is 2. The highest BCUT2D eigenvalue weighted by atomic mass is 32.2. The minimum absolute atomic E-state index is 0.0115. The second kappa shape index (κ2) is 68.9. The van der Waals surface area contributed by atoms with E-state index >= 15 is 0 Å². The van der Waals surface area contributed by atoms with Crippen molar-refractivity contribution in [3.05, 3.63) is 29.8 Å². The number of phenols is 1. The second-order valence-electron chi connectivity index (χ2n) is 35.4. The Kier molecular flexibility index (Phi) is 63.0. The third-order valence-corrected chi connectivity index (χ3v) is 23.5. The number of carboxylic acid groups (broad SMARTS) is 1. The van der Waals surface area contributed by atoms with Gasteiger partial charge in [-0.2, -0.15) is 11.8 Å². The number of aliphatic imine (C=N–C) groups is 2. The van der Waals surface area contributed by atoms with Gasteiger partial charge in [-0.3, -0.25) is 81.9 Å². The molecule has 0 fully saturated rings. The van der Waals surface area contributed by atoms with Gasteiger partial charge in [0.1, 0.15) is 23.9 Å². The summed E-state index contributed by atoms with van der Waals surface area (Å²) in [5, 5.41) is 61.3. The van der Waals surface area contributed by atoms with E-state index in [1.807, 2.05) is 27.7 Å². The smallest absolute Gasteiger partial charge is 0.304 e. The maximum atomic E-state index is 14.9. The number of carboxylic acids is 1. The SMILES string of the molecule is CCCCCCCCCCCCCCCC(=O)N[C@@H](CCCCN)C(=O)C[C@@H](CCCCN)C(=O)N[C@@H](CC(C)C)C(=O)C[C@@H](CCCN=C(N)N)C(=O)N[C@@H](CO)C(=O)C[C@@H](CCSC)C(=O)N[C@H](C(=O)C[C@@H](CC(=O)O)C(=O)N[C@@H](CCCCN)C(=O)C[C@@H](Cc1ccc(O)cc1)C(=O)N[C@@H](CCCN=C(N)N)C(=O)C[C@@H](CC(C)C)C(=O)N[C@@H](C)C(N)=O)[C@@H](C)O. The van der Waals surface area contributed by atoms with Crippen molar-refractivity contribution in [2.45, 2.75) is 341 Å². The number of nitrogens with zero attached hydrogens (tertiary/aromatic N) is 2. The van der Waals surface area contributed by atoms with E-state index in [0.717, 1.165) is 32.6 Å². The summed E-state index contributed by atoms with van der Waals surface area (Å²) in [7, 11) is 0. The van der Waals surface area contributed by atoms with Crippen molar-refractivity contribution >= 4 is 112 Å². The van der Waals surface area contributed by atoms with Crippen LogP contribution in [-0.2, 0) is 78.3 Å². The van der Waals surface area contributed by atoms with Gasteiger partial charge < -0.3 is 104 Å².